The number of rotatable bonds is 7. The molecule has 3 nitrogen and oxygen atoms in total. The number of hydrogen-bond donors (Lipinski definition) is 0. The predicted octanol–water partition coefficient (Wildman–Crippen LogP) is 4.36. The van der Waals surface area contributed by atoms with E-state index in [1.165, 1.54) is 0 Å². The van der Waals surface area contributed by atoms with Crippen molar-refractivity contribution >= 4 is 5.78 Å². The summed E-state index contributed by atoms with van der Waals surface area (Å²) in [6.45, 7) is 3.87. The zero-order valence-electron chi connectivity index (χ0n) is 13.1. The van der Waals surface area contributed by atoms with E-state index in [1.54, 1.807) is 32.4 Å². The Kier molecular flexibility index (Phi) is 7.02. The van der Waals surface area contributed by atoms with Crippen LogP contribution in [0.5, 0.6) is 11.5 Å². The van der Waals surface area contributed by atoms with Crippen molar-refractivity contribution < 1.29 is 14.3 Å². The number of benzene rings is 1. The van der Waals surface area contributed by atoms with Gasteiger partial charge in [-0.15, -0.1) is 0 Å². The third-order valence-corrected chi connectivity index (χ3v) is 2.96. The first-order valence-corrected chi connectivity index (χ1v) is 6.86. The number of hydrogen-bond acceptors (Lipinski definition) is 3. The Labute approximate surface area is 126 Å². The summed E-state index contributed by atoms with van der Waals surface area (Å²) in [5, 5.41) is 0. The number of allylic oxidation sites excluding steroid dienone is 6. The Morgan fingerprint density at radius 1 is 1.14 bits per heavy atom. The van der Waals surface area contributed by atoms with Crippen molar-refractivity contribution in [3.05, 3.63) is 59.7 Å². The molecule has 0 radical (unpaired) electrons. The van der Waals surface area contributed by atoms with E-state index in [4.69, 9.17) is 9.47 Å². The zero-order valence-corrected chi connectivity index (χ0v) is 13.1. The predicted molar refractivity (Wildman–Crippen MR) is 86.2 cm³/mol. The molecule has 0 spiro atoms. The fourth-order valence-corrected chi connectivity index (χ4v) is 1.92. The lowest BCUT2D eigenvalue weighted by Crippen LogP contribution is -2.03. The van der Waals surface area contributed by atoms with Gasteiger partial charge in [-0.05, 0) is 37.6 Å². The first-order valence-electron chi connectivity index (χ1n) is 6.86. The van der Waals surface area contributed by atoms with Gasteiger partial charge in [-0.1, -0.05) is 30.4 Å². The quantitative estimate of drug-likeness (QED) is 0.552. The van der Waals surface area contributed by atoms with E-state index in [2.05, 4.69) is 0 Å². The Morgan fingerprint density at radius 2 is 1.90 bits per heavy atom. The van der Waals surface area contributed by atoms with E-state index in [-0.39, 0.29) is 5.78 Å². The van der Waals surface area contributed by atoms with Gasteiger partial charge >= 0.3 is 0 Å². The second-order valence-corrected chi connectivity index (χ2v) is 4.43. The average Bonchev–Trinajstić information content (AvgIpc) is 2.51. The first-order chi connectivity index (χ1) is 10.2. The molecule has 3 heteroatoms. The van der Waals surface area contributed by atoms with Gasteiger partial charge in [0.2, 0.25) is 0 Å². The van der Waals surface area contributed by atoms with Crippen LogP contribution < -0.4 is 9.47 Å². The van der Waals surface area contributed by atoms with E-state index in [1.807, 2.05) is 44.2 Å². The molecule has 1 rings (SSSR count). The molecule has 0 bridgehead atoms. The smallest absolute Gasteiger partial charge is 0.171 e. The molecule has 0 saturated carbocycles. The molecule has 0 aliphatic rings. The van der Waals surface area contributed by atoms with Crippen molar-refractivity contribution in [3.63, 3.8) is 0 Å². The SMILES string of the molecule is C\C=C/C=C(\C=C/C)CC(=O)c1cc(OC)ccc1OC. The summed E-state index contributed by atoms with van der Waals surface area (Å²) < 4.78 is 10.4. The molecule has 112 valence electrons. The van der Waals surface area contributed by atoms with Gasteiger partial charge < -0.3 is 9.47 Å². The van der Waals surface area contributed by atoms with Crippen LogP contribution >= 0.6 is 0 Å². The maximum atomic E-state index is 12.5. The van der Waals surface area contributed by atoms with Crippen molar-refractivity contribution in [2.24, 2.45) is 0 Å². The summed E-state index contributed by atoms with van der Waals surface area (Å²) >= 11 is 0. The van der Waals surface area contributed by atoms with Crippen LogP contribution in [0.3, 0.4) is 0 Å². The van der Waals surface area contributed by atoms with E-state index >= 15 is 0 Å². The number of Topliss-reactive ketones (excluding diaryl/α,β-unsaturated/α-hetero) is 1. The Bertz CT molecular complexity index is 566. The van der Waals surface area contributed by atoms with Gasteiger partial charge in [0.15, 0.2) is 5.78 Å². The lowest BCUT2D eigenvalue weighted by Gasteiger charge is -2.10. The highest BCUT2D eigenvalue weighted by Gasteiger charge is 2.14. The molecular weight excluding hydrogens is 264 g/mol. The first kappa shape index (κ1) is 16.8. The summed E-state index contributed by atoms with van der Waals surface area (Å²) in [6.07, 6.45) is 9.96. The molecule has 21 heavy (non-hydrogen) atoms. The van der Waals surface area contributed by atoms with E-state index in [0.29, 0.717) is 23.5 Å². The maximum Gasteiger partial charge on any atom is 0.171 e. The zero-order chi connectivity index (χ0) is 15.7. The van der Waals surface area contributed by atoms with Gasteiger partial charge in [0.05, 0.1) is 19.8 Å². The lowest BCUT2D eigenvalue weighted by atomic mass is 10.0. The Morgan fingerprint density at radius 3 is 2.48 bits per heavy atom. The van der Waals surface area contributed by atoms with Gasteiger partial charge in [0, 0.05) is 6.42 Å². The number of carbonyl (C=O) groups excluding carboxylic acids is 1. The minimum Gasteiger partial charge on any atom is -0.497 e. The van der Waals surface area contributed by atoms with Crippen molar-refractivity contribution in [1.82, 2.24) is 0 Å². The van der Waals surface area contributed by atoms with Crippen LogP contribution in [0.1, 0.15) is 30.6 Å². The van der Waals surface area contributed by atoms with Gasteiger partial charge in [-0.3, -0.25) is 4.79 Å². The highest BCUT2D eigenvalue weighted by molar-refractivity contribution is 6.00. The van der Waals surface area contributed by atoms with E-state index in [9.17, 15) is 4.79 Å². The lowest BCUT2D eigenvalue weighted by molar-refractivity contribution is 0.0990. The van der Waals surface area contributed by atoms with Crippen molar-refractivity contribution in [2.45, 2.75) is 20.3 Å². The highest BCUT2D eigenvalue weighted by Crippen LogP contribution is 2.26. The minimum atomic E-state index is -0.000368. The monoisotopic (exact) mass is 286 g/mol. The van der Waals surface area contributed by atoms with Crippen LogP contribution in [0.15, 0.2) is 54.2 Å². The largest absolute Gasteiger partial charge is 0.497 e. The summed E-state index contributed by atoms with van der Waals surface area (Å²) in [4.78, 5) is 12.5. The number of carbonyl (C=O) groups is 1. The van der Waals surface area contributed by atoms with Gasteiger partial charge in [0.25, 0.3) is 0 Å². The van der Waals surface area contributed by atoms with Crippen LogP contribution in [0.25, 0.3) is 0 Å². The molecule has 0 amide bonds. The molecule has 0 atom stereocenters. The van der Waals surface area contributed by atoms with Crippen LogP contribution in [0.4, 0.5) is 0 Å². The van der Waals surface area contributed by atoms with E-state index < -0.39 is 0 Å². The molecule has 0 aliphatic carbocycles. The highest BCUT2D eigenvalue weighted by atomic mass is 16.5. The molecule has 0 saturated heterocycles. The van der Waals surface area contributed by atoms with Crippen molar-refractivity contribution in [1.29, 1.82) is 0 Å². The number of ether oxygens (including phenoxy) is 2. The van der Waals surface area contributed by atoms with Crippen LogP contribution in [0.2, 0.25) is 0 Å². The molecule has 1 aromatic carbocycles. The number of ketones is 1. The average molecular weight is 286 g/mol. The maximum absolute atomic E-state index is 12.5. The molecule has 0 aliphatic heterocycles. The summed E-state index contributed by atoms with van der Waals surface area (Å²) in [7, 11) is 3.13. The standard InChI is InChI=1S/C18H22O3/c1-5-7-9-14(8-6-2)12-17(19)16-13-15(20-3)10-11-18(16)21-4/h5-11,13H,12H2,1-4H3/b7-5-,8-6-,14-9+. The fraction of sp³-hybridized carbons (Fsp3) is 0.278. The van der Waals surface area contributed by atoms with E-state index in [0.717, 1.165) is 5.57 Å². The number of methoxy groups -OCH3 is 2. The molecule has 1 aromatic rings. The molecule has 0 N–H and O–H groups in total. The summed E-state index contributed by atoms with van der Waals surface area (Å²) in [5.41, 5.74) is 1.48. The van der Waals surface area contributed by atoms with Gasteiger partial charge in [-0.2, -0.15) is 0 Å². The minimum absolute atomic E-state index is 0.000368. The summed E-state index contributed by atoms with van der Waals surface area (Å²) in [6, 6.07) is 5.24. The van der Waals surface area contributed by atoms with Crippen LogP contribution in [-0.2, 0) is 0 Å². The third kappa shape index (κ3) is 4.95. The van der Waals surface area contributed by atoms with Gasteiger partial charge in [0.1, 0.15) is 11.5 Å². The molecule has 0 unspecified atom stereocenters. The Balaban J connectivity index is 3.06. The molecule has 0 aromatic heterocycles. The van der Waals surface area contributed by atoms with Gasteiger partial charge in [-0.25, -0.2) is 0 Å². The van der Waals surface area contributed by atoms with Crippen LogP contribution in [0, 0.1) is 0 Å². The second kappa shape index (κ2) is 8.80. The summed E-state index contributed by atoms with van der Waals surface area (Å²) in [5.74, 6) is 1.20. The topological polar surface area (TPSA) is 35.5 Å². The van der Waals surface area contributed by atoms with Crippen molar-refractivity contribution in [2.75, 3.05) is 14.2 Å². The van der Waals surface area contributed by atoms with Crippen LogP contribution in [-0.4, -0.2) is 20.0 Å². The Hall–Kier alpha value is -2.29. The second-order valence-electron chi connectivity index (χ2n) is 4.43. The third-order valence-electron chi connectivity index (χ3n) is 2.96. The molecular formula is C18H22O3. The normalized spacial score (nSPS) is 12.1. The van der Waals surface area contributed by atoms with Crippen molar-refractivity contribution in [3.8, 4) is 11.5 Å². The fourth-order valence-electron chi connectivity index (χ4n) is 1.92. The molecule has 0 heterocycles. The molecule has 0 fully saturated rings.